The molecule has 0 amide bonds. The molecule has 0 unspecified atom stereocenters. The first kappa shape index (κ1) is 28.4. The molecule has 45 heavy (non-hydrogen) atoms. The maximum Gasteiger partial charge on any atom is 2.00 e. The van der Waals surface area contributed by atoms with Crippen LogP contribution in [0.4, 0.5) is 0 Å². The van der Waals surface area contributed by atoms with Crippen LogP contribution in [0.5, 0.6) is 23.0 Å². The zero-order valence-electron chi connectivity index (χ0n) is 23.8. The monoisotopic (exact) mass is 763 g/mol. The first-order chi connectivity index (χ1) is 21.8. The molecule has 0 fully saturated rings. The third kappa shape index (κ3) is 5.03. The minimum Gasteiger partial charge on any atom is -0.509 e. The minimum absolute atomic E-state index is 0. The first-order valence-corrected chi connectivity index (χ1v) is 14.3. The predicted molar refractivity (Wildman–Crippen MR) is 167 cm³/mol. The van der Waals surface area contributed by atoms with E-state index in [2.05, 4.69) is 46.6 Å². The van der Waals surface area contributed by atoms with Gasteiger partial charge in [-0.1, -0.05) is 72.8 Å². The second-order valence-electron chi connectivity index (χ2n) is 10.4. The zero-order chi connectivity index (χ0) is 29.3. The van der Waals surface area contributed by atoms with Crippen molar-refractivity contribution in [2.24, 2.45) is 0 Å². The van der Waals surface area contributed by atoms with Gasteiger partial charge in [0, 0.05) is 34.4 Å². The smallest absolute Gasteiger partial charge is 0.509 e. The summed E-state index contributed by atoms with van der Waals surface area (Å²) in [5.41, 5.74) is 5.37. The summed E-state index contributed by atoms with van der Waals surface area (Å²) in [6, 6.07) is 50.7. The van der Waals surface area contributed by atoms with Gasteiger partial charge in [0.1, 0.15) is 17.2 Å². The molecule has 1 aliphatic heterocycles. The van der Waals surface area contributed by atoms with E-state index in [9.17, 15) is 0 Å². The maximum atomic E-state index is 6.39. The van der Waals surface area contributed by atoms with Crippen LogP contribution in [0.15, 0.2) is 146 Å². The summed E-state index contributed by atoms with van der Waals surface area (Å²) in [5.74, 6) is 2.62. The van der Waals surface area contributed by atoms with E-state index in [-0.39, 0.29) is 21.1 Å². The molecule has 0 saturated carbocycles. The number of hydrogen-bond donors (Lipinski definition) is 0. The molecule has 7 heteroatoms. The second kappa shape index (κ2) is 12.0. The fourth-order valence-corrected chi connectivity index (χ4v) is 5.86. The van der Waals surface area contributed by atoms with Crippen LogP contribution in [0.3, 0.4) is 0 Å². The molecule has 0 radical (unpaired) electrons. The van der Waals surface area contributed by atoms with Crippen LogP contribution in [-0.4, -0.2) is 20.0 Å². The van der Waals surface area contributed by atoms with Crippen LogP contribution in [0, 0.1) is 12.1 Å². The van der Waals surface area contributed by atoms with E-state index in [4.69, 9.17) is 14.5 Å². The topological polar surface area (TPSA) is 62.1 Å². The summed E-state index contributed by atoms with van der Waals surface area (Å²) in [5, 5.41) is 9.12. The number of ether oxygens (including phenoxy) is 2. The quantitative estimate of drug-likeness (QED) is 0.160. The maximum absolute atomic E-state index is 6.39. The van der Waals surface area contributed by atoms with Crippen LogP contribution in [-0.2, 0) is 26.5 Å². The average Bonchev–Trinajstić information content (AvgIpc) is 3.59. The molecule has 1 aliphatic rings. The van der Waals surface area contributed by atoms with Gasteiger partial charge < -0.3 is 9.47 Å². The van der Waals surface area contributed by atoms with E-state index in [0.717, 1.165) is 45.1 Å². The van der Waals surface area contributed by atoms with Crippen molar-refractivity contribution in [3.63, 3.8) is 0 Å². The van der Waals surface area contributed by atoms with Crippen LogP contribution < -0.4 is 9.47 Å². The number of nitrogens with zero attached hydrogens (tertiary/aromatic N) is 4. The van der Waals surface area contributed by atoms with Gasteiger partial charge in [-0.3, -0.25) is 4.98 Å². The van der Waals surface area contributed by atoms with E-state index in [1.165, 1.54) is 0 Å². The molecule has 0 bridgehead atoms. The summed E-state index contributed by atoms with van der Waals surface area (Å²) < 4.78 is 12.8. The van der Waals surface area contributed by atoms with Crippen LogP contribution >= 0.6 is 0 Å². The van der Waals surface area contributed by atoms with Gasteiger partial charge in [-0.2, -0.15) is 33.2 Å². The van der Waals surface area contributed by atoms with Crippen molar-refractivity contribution in [3.05, 3.63) is 180 Å². The van der Waals surface area contributed by atoms with Crippen LogP contribution in [0.2, 0.25) is 0 Å². The molecule has 6 nitrogen and oxygen atoms in total. The Balaban J connectivity index is 0.00000325. The van der Waals surface area contributed by atoms with E-state index >= 15 is 0 Å². The normalized spacial score (nSPS) is 12.6. The standard InChI is InChI=1S/C38H24N4O2.Pt/c1-2-12-27(13-3-1)34-26-40-42(41-34)29-15-11-17-31(25-29)43-30-16-10-14-28(24-30)38(37-22-8-9-23-39-37)32-18-4-6-20-35(32)44-36-21-7-5-19-33(36)38;/h1-23,26H;/q-2;+2. The number of fused-ring (bicyclic) bond motifs is 2. The number of pyridine rings is 1. The van der Waals surface area contributed by atoms with E-state index in [0.29, 0.717) is 17.2 Å². The summed E-state index contributed by atoms with van der Waals surface area (Å²) in [7, 11) is 0. The van der Waals surface area contributed by atoms with Crippen molar-refractivity contribution >= 4 is 0 Å². The van der Waals surface area contributed by atoms with E-state index in [1.807, 2.05) is 115 Å². The van der Waals surface area contributed by atoms with Gasteiger partial charge in [0.15, 0.2) is 0 Å². The fourth-order valence-electron chi connectivity index (χ4n) is 5.86. The molecular formula is C38H24N4O2Pt. The van der Waals surface area contributed by atoms with Crippen molar-refractivity contribution < 1.29 is 30.5 Å². The second-order valence-corrected chi connectivity index (χ2v) is 10.4. The Kier molecular flexibility index (Phi) is 7.58. The number of hydrogen-bond acceptors (Lipinski definition) is 5. The first-order valence-electron chi connectivity index (χ1n) is 14.3. The summed E-state index contributed by atoms with van der Waals surface area (Å²) in [6.45, 7) is 0. The molecular weight excluding hydrogens is 740 g/mol. The van der Waals surface area contributed by atoms with Crippen molar-refractivity contribution in [1.82, 2.24) is 20.0 Å². The van der Waals surface area contributed by atoms with Gasteiger partial charge in [0.25, 0.3) is 0 Å². The largest absolute Gasteiger partial charge is 2.00 e. The van der Waals surface area contributed by atoms with Gasteiger partial charge in [-0.25, -0.2) is 0 Å². The average molecular weight is 764 g/mol. The molecule has 0 saturated heterocycles. The molecule has 218 valence electrons. The van der Waals surface area contributed by atoms with Gasteiger partial charge in [0.2, 0.25) is 0 Å². The number of rotatable bonds is 6. The molecule has 5 aromatic carbocycles. The molecule has 7 aromatic rings. The predicted octanol–water partition coefficient (Wildman–Crippen LogP) is 8.21. The molecule has 2 aromatic heterocycles. The van der Waals surface area contributed by atoms with Gasteiger partial charge in [-0.15, -0.1) is 35.9 Å². The van der Waals surface area contributed by atoms with Gasteiger partial charge in [-0.05, 0) is 30.0 Å². The number of aromatic nitrogens is 4. The summed E-state index contributed by atoms with van der Waals surface area (Å²) in [4.78, 5) is 6.45. The molecule has 0 spiro atoms. The Hall–Kier alpha value is -5.32. The van der Waals surface area contributed by atoms with Crippen molar-refractivity contribution in [3.8, 4) is 39.9 Å². The van der Waals surface area contributed by atoms with Gasteiger partial charge in [0.05, 0.1) is 17.3 Å². The third-order valence-corrected chi connectivity index (χ3v) is 7.77. The zero-order valence-corrected chi connectivity index (χ0v) is 26.1. The Morgan fingerprint density at radius 2 is 1.31 bits per heavy atom. The summed E-state index contributed by atoms with van der Waals surface area (Å²) in [6.07, 6.45) is 3.57. The van der Waals surface area contributed by atoms with Gasteiger partial charge >= 0.3 is 21.1 Å². The Bertz CT molecular complexity index is 2050. The minimum atomic E-state index is -0.787. The molecule has 8 rings (SSSR count). The van der Waals surface area contributed by atoms with E-state index < -0.39 is 5.41 Å². The number of para-hydroxylation sites is 2. The molecule has 3 heterocycles. The Labute approximate surface area is 275 Å². The van der Waals surface area contributed by atoms with Crippen molar-refractivity contribution in [2.75, 3.05) is 0 Å². The van der Waals surface area contributed by atoms with Crippen molar-refractivity contribution in [1.29, 1.82) is 0 Å². The number of benzene rings is 5. The fraction of sp³-hybridized carbons (Fsp3) is 0.0263. The van der Waals surface area contributed by atoms with Crippen LogP contribution in [0.1, 0.15) is 22.4 Å². The summed E-state index contributed by atoms with van der Waals surface area (Å²) >= 11 is 0. The molecule has 0 N–H and O–H groups in total. The van der Waals surface area contributed by atoms with Crippen LogP contribution in [0.25, 0.3) is 16.9 Å². The van der Waals surface area contributed by atoms with E-state index in [1.54, 1.807) is 11.0 Å². The Morgan fingerprint density at radius 3 is 2.04 bits per heavy atom. The SMILES string of the molecule is [Pt+2].[c-]1c(Oc2[c-]c(C3(c4ccccn4)c4ccccc4Oc4ccccc43)ccc2)cccc1-n1ncc(-c2ccccc2)n1. The molecule has 0 aliphatic carbocycles. The third-order valence-electron chi connectivity index (χ3n) is 7.77. The Morgan fingerprint density at radius 1 is 0.644 bits per heavy atom. The van der Waals surface area contributed by atoms with Crippen molar-refractivity contribution in [2.45, 2.75) is 5.41 Å². The molecule has 0 atom stereocenters.